The number of aliphatic hydroxyl groups excluding tert-OH is 1. The quantitative estimate of drug-likeness (QED) is 0.796. The van der Waals surface area contributed by atoms with Crippen LogP contribution in [0.1, 0.15) is 12.0 Å². The summed E-state index contributed by atoms with van der Waals surface area (Å²) in [4.78, 5) is 14.0. The number of carbonyl (C=O) groups is 1. The molecule has 0 aliphatic rings. The molecule has 1 amide bonds. The fourth-order valence-corrected chi connectivity index (χ4v) is 2.14. The first-order chi connectivity index (χ1) is 7.63. The Morgan fingerprint density at radius 3 is 2.81 bits per heavy atom. The van der Waals surface area contributed by atoms with Crippen molar-refractivity contribution >= 4 is 17.7 Å². The molecule has 4 heteroatoms. The second-order valence-corrected chi connectivity index (χ2v) is 4.86. The average Bonchev–Trinajstić information content (AvgIpc) is 2.29. The van der Waals surface area contributed by atoms with Crippen LogP contribution in [0.4, 0.5) is 0 Å². The third-order valence-corrected chi connectivity index (χ3v) is 3.16. The highest BCUT2D eigenvalue weighted by atomic mass is 32.2. The fourth-order valence-electron chi connectivity index (χ4n) is 1.21. The number of aliphatic hydroxyl groups is 1. The standard InChI is InChI=1S/C12H17NO2S/c1-13(2)12(15)6-7-16-11-5-3-4-10(8-11)9-14/h3-5,8,14H,6-7,9H2,1-2H3. The monoisotopic (exact) mass is 239 g/mol. The van der Waals surface area contributed by atoms with Gasteiger partial charge in [-0.3, -0.25) is 4.79 Å². The molecule has 0 aliphatic heterocycles. The molecule has 1 N–H and O–H groups in total. The van der Waals surface area contributed by atoms with Gasteiger partial charge in [-0.2, -0.15) is 0 Å². The lowest BCUT2D eigenvalue weighted by atomic mass is 10.2. The van der Waals surface area contributed by atoms with E-state index in [1.165, 1.54) is 0 Å². The van der Waals surface area contributed by atoms with E-state index in [-0.39, 0.29) is 12.5 Å². The topological polar surface area (TPSA) is 40.5 Å². The first-order valence-electron chi connectivity index (χ1n) is 5.16. The van der Waals surface area contributed by atoms with Gasteiger partial charge in [-0.1, -0.05) is 12.1 Å². The molecule has 0 radical (unpaired) electrons. The van der Waals surface area contributed by atoms with E-state index < -0.39 is 0 Å². The van der Waals surface area contributed by atoms with Crippen LogP contribution in [0.3, 0.4) is 0 Å². The third-order valence-electron chi connectivity index (χ3n) is 2.16. The molecule has 16 heavy (non-hydrogen) atoms. The van der Waals surface area contributed by atoms with E-state index in [4.69, 9.17) is 5.11 Å². The number of hydrogen-bond donors (Lipinski definition) is 1. The predicted molar refractivity (Wildman–Crippen MR) is 66.4 cm³/mol. The zero-order valence-corrected chi connectivity index (χ0v) is 10.5. The van der Waals surface area contributed by atoms with Gasteiger partial charge in [0.2, 0.25) is 5.91 Å². The molecule has 0 saturated carbocycles. The maximum atomic E-state index is 11.3. The predicted octanol–water partition coefficient (Wildman–Crippen LogP) is 1.75. The van der Waals surface area contributed by atoms with Crippen LogP contribution >= 0.6 is 11.8 Å². The van der Waals surface area contributed by atoms with Crippen molar-refractivity contribution in [3.05, 3.63) is 29.8 Å². The highest BCUT2D eigenvalue weighted by Crippen LogP contribution is 2.20. The maximum Gasteiger partial charge on any atom is 0.222 e. The molecule has 0 bridgehead atoms. The molecule has 0 aromatic heterocycles. The molecule has 1 rings (SSSR count). The summed E-state index contributed by atoms with van der Waals surface area (Å²) in [7, 11) is 3.53. The summed E-state index contributed by atoms with van der Waals surface area (Å²) in [6, 6.07) is 7.74. The normalized spacial score (nSPS) is 10.2. The van der Waals surface area contributed by atoms with Gasteiger partial charge in [0.15, 0.2) is 0 Å². The molecule has 0 unspecified atom stereocenters. The van der Waals surface area contributed by atoms with Crippen LogP contribution in [0.15, 0.2) is 29.2 Å². The number of hydrogen-bond acceptors (Lipinski definition) is 3. The van der Waals surface area contributed by atoms with Crippen molar-refractivity contribution in [2.45, 2.75) is 17.9 Å². The Hall–Kier alpha value is -1.00. The molecule has 0 heterocycles. The lowest BCUT2D eigenvalue weighted by molar-refractivity contribution is -0.128. The molecule has 1 aromatic rings. The zero-order chi connectivity index (χ0) is 12.0. The van der Waals surface area contributed by atoms with Crippen molar-refractivity contribution in [2.24, 2.45) is 0 Å². The lowest BCUT2D eigenvalue weighted by Gasteiger charge is -2.09. The second kappa shape index (κ2) is 6.55. The number of carbonyl (C=O) groups excluding carboxylic acids is 1. The first-order valence-corrected chi connectivity index (χ1v) is 6.15. The minimum atomic E-state index is 0.0605. The Kier molecular flexibility index (Phi) is 5.35. The number of amides is 1. The Morgan fingerprint density at radius 1 is 1.44 bits per heavy atom. The summed E-state index contributed by atoms with van der Waals surface area (Å²) in [5, 5.41) is 8.98. The Morgan fingerprint density at radius 2 is 2.19 bits per heavy atom. The van der Waals surface area contributed by atoms with Crippen molar-refractivity contribution in [3.8, 4) is 0 Å². The van der Waals surface area contributed by atoms with Crippen molar-refractivity contribution in [3.63, 3.8) is 0 Å². The summed E-state index contributed by atoms with van der Waals surface area (Å²) < 4.78 is 0. The largest absolute Gasteiger partial charge is 0.392 e. The molecule has 0 aliphatic carbocycles. The van der Waals surface area contributed by atoms with E-state index in [1.807, 2.05) is 24.3 Å². The van der Waals surface area contributed by atoms with Crippen molar-refractivity contribution in [2.75, 3.05) is 19.8 Å². The SMILES string of the molecule is CN(C)C(=O)CCSc1cccc(CO)c1. The lowest BCUT2D eigenvalue weighted by Crippen LogP contribution is -2.21. The average molecular weight is 239 g/mol. The molecule has 1 aromatic carbocycles. The molecular weight excluding hydrogens is 222 g/mol. The van der Waals surface area contributed by atoms with Gasteiger partial charge >= 0.3 is 0 Å². The minimum absolute atomic E-state index is 0.0605. The van der Waals surface area contributed by atoms with Gasteiger partial charge in [0.25, 0.3) is 0 Å². The van der Waals surface area contributed by atoms with Gasteiger partial charge in [-0.25, -0.2) is 0 Å². The van der Waals surface area contributed by atoms with Crippen LogP contribution in [0.5, 0.6) is 0 Å². The summed E-state index contributed by atoms with van der Waals surface area (Å²) in [6.45, 7) is 0.0605. The van der Waals surface area contributed by atoms with Crippen LogP contribution in [0.25, 0.3) is 0 Å². The fraction of sp³-hybridized carbons (Fsp3) is 0.417. The molecule has 0 atom stereocenters. The van der Waals surface area contributed by atoms with Crippen LogP contribution < -0.4 is 0 Å². The van der Waals surface area contributed by atoms with E-state index in [9.17, 15) is 4.79 Å². The smallest absolute Gasteiger partial charge is 0.222 e. The van der Waals surface area contributed by atoms with Gasteiger partial charge in [0, 0.05) is 31.2 Å². The van der Waals surface area contributed by atoms with Crippen LogP contribution in [0.2, 0.25) is 0 Å². The van der Waals surface area contributed by atoms with E-state index in [0.717, 1.165) is 16.2 Å². The highest BCUT2D eigenvalue weighted by Gasteiger charge is 2.03. The van der Waals surface area contributed by atoms with Crippen molar-refractivity contribution in [1.29, 1.82) is 0 Å². The van der Waals surface area contributed by atoms with Gasteiger partial charge in [0.05, 0.1) is 6.61 Å². The number of rotatable bonds is 5. The molecule has 3 nitrogen and oxygen atoms in total. The Labute approximate surface area is 100 Å². The number of nitrogens with zero attached hydrogens (tertiary/aromatic N) is 1. The van der Waals surface area contributed by atoms with Crippen LogP contribution in [0, 0.1) is 0 Å². The maximum absolute atomic E-state index is 11.3. The van der Waals surface area contributed by atoms with E-state index in [1.54, 1.807) is 30.8 Å². The molecule has 0 saturated heterocycles. The molecule has 88 valence electrons. The van der Waals surface area contributed by atoms with Gasteiger partial charge in [0.1, 0.15) is 0 Å². The van der Waals surface area contributed by atoms with Crippen molar-refractivity contribution in [1.82, 2.24) is 4.90 Å². The summed E-state index contributed by atoms with van der Waals surface area (Å²) in [5.41, 5.74) is 0.906. The van der Waals surface area contributed by atoms with Crippen LogP contribution in [-0.4, -0.2) is 35.8 Å². The molecule has 0 fully saturated rings. The summed E-state index contributed by atoms with van der Waals surface area (Å²) in [6.07, 6.45) is 0.543. The van der Waals surface area contributed by atoms with Crippen LogP contribution in [-0.2, 0) is 11.4 Å². The Bertz CT molecular complexity index is 353. The third kappa shape index (κ3) is 4.24. The van der Waals surface area contributed by atoms with Crippen molar-refractivity contribution < 1.29 is 9.90 Å². The second-order valence-electron chi connectivity index (χ2n) is 3.69. The number of benzene rings is 1. The van der Waals surface area contributed by atoms with Gasteiger partial charge in [-0.15, -0.1) is 11.8 Å². The highest BCUT2D eigenvalue weighted by molar-refractivity contribution is 7.99. The minimum Gasteiger partial charge on any atom is -0.392 e. The zero-order valence-electron chi connectivity index (χ0n) is 9.64. The Balaban J connectivity index is 2.40. The number of thioether (sulfide) groups is 1. The summed E-state index contributed by atoms with van der Waals surface area (Å²) >= 11 is 1.64. The van der Waals surface area contributed by atoms with E-state index in [2.05, 4.69) is 0 Å². The van der Waals surface area contributed by atoms with E-state index >= 15 is 0 Å². The first kappa shape index (κ1) is 13.1. The van der Waals surface area contributed by atoms with Gasteiger partial charge in [-0.05, 0) is 17.7 Å². The van der Waals surface area contributed by atoms with E-state index in [0.29, 0.717) is 6.42 Å². The molecule has 0 spiro atoms. The summed E-state index contributed by atoms with van der Waals surface area (Å²) in [5.74, 6) is 0.914. The van der Waals surface area contributed by atoms with Gasteiger partial charge < -0.3 is 10.0 Å². The molecular formula is C12H17NO2S.